The molecule has 0 aliphatic heterocycles. The van der Waals surface area contributed by atoms with E-state index in [2.05, 4.69) is 10.3 Å². The van der Waals surface area contributed by atoms with Gasteiger partial charge in [-0.1, -0.05) is 53.5 Å². The summed E-state index contributed by atoms with van der Waals surface area (Å²) in [5.74, 6) is -0.542. The molecule has 0 radical (unpaired) electrons. The smallest absolute Gasteiger partial charge is 0.261 e. The first kappa shape index (κ1) is 16.3. The van der Waals surface area contributed by atoms with E-state index in [-0.39, 0.29) is 5.56 Å². The number of pyridine rings is 1. The standard InChI is InChI=1S/C18H12Cl2N2O2/c19-12-6-7-15(14(20)10-12)22-18(24)16-13(8-9-21-17(16)23)11-4-2-1-3-5-11/h1-10H,(H,21,23)(H,22,24). The fourth-order valence-electron chi connectivity index (χ4n) is 2.34. The second kappa shape index (κ2) is 6.91. The lowest BCUT2D eigenvalue weighted by Gasteiger charge is -2.10. The topological polar surface area (TPSA) is 62.0 Å². The van der Waals surface area contributed by atoms with Crippen LogP contribution in [0.4, 0.5) is 5.69 Å². The molecule has 3 rings (SSSR count). The molecular weight excluding hydrogens is 347 g/mol. The first-order valence-electron chi connectivity index (χ1n) is 7.10. The minimum absolute atomic E-state index is 0.0229. The summed E-state index contributed by atoms with van der Waals surface area (Å²) in [6, 6.07) is 15.6. The van der Waals surface area contributed by atoms with Gasteiger partial charge in [-0.05, 0) is 29.8 Å². The second-order valence-electron chi connectivity index (χ2n) is 5.04. The van der Waals surface area contributed by atoms with Crippen molar-refractivity contribution in [3.8, 4) is 11.1 Å². The van der Waals surface area contributed by atoms with Gasteiger partial charge < -0.3 is 10.3 Å². The Labute approximate surface area is 148 Å². The highest BCUT2D eigenvalue weighted by atomic mass is 35.5. The normalized spacial score (nSPS) is 10.4. The predicted octanol–water partition coefficient (Wildman–Crippen LogP) is 4.60. The van der Waals surface area contributed by atoms with E-state index in [1.807, 2.05) is 30.3 Å². The fourth-order valence-corrected chi connectivity index (χ4v) is 2.79. The summed E-state index contributed by atoms with van der Waals surface area (Å²) in [4.78, 5) is 27.4. The highest BCUT2D eigenvalue weighted by Gasteiger charge is 2.18. The molecule has 0 spiro atoms. The molecule has 0 saturated carbocycles. The van der Waals surface area contributed by atoms with Crippen molar-refractivity contribution in [2.45, 2.75) is 0 Å². The van der Waals surface area contributed by atoms with Crippen molar-refractivity contribution in [1.82, 2.24) is 4.98 Å². The Balaban J connectivity index is 2.03. The average Bonchev–Trinajstić information content (AvgIpc) is 2.58. The Kier molecular flexibility index (Phi) is 4.69. The number of halogens is 2. The molecule has 1 heterocycles. The van der Waals surface area contributed by atoms with Gasteiger partial charge in [-0.2, -0.15) is 0 Å². The molecule has 0 fully saturated rings. The Morgan fingerprint density at radius 2 is 1.75 bits per heavy atom. The maximum absolute atomic E-state index is 12.6. The number of benzene rings is 2. The summed E-state index contributed by atoms with van der Waals surface area (Å²) >= 11 is 11.9. The Bertz CT molecular complexity index is 953. The lowest BCUT2D eigenvalue weighted by Crippen LogP contribution is -2.24. The molecular formula is C18H12Cl2N2O2. The van der Waals surface area contributed by atoms with Gasteiger partial charge in [0.25, 0.3) is 11.5 Å². The van der Waals surface area contributed by atoms with Crippen LogP contribution in [0, 0.1) is 0 Å². The van der Waals surface area contributed by atoms with Gasteiger partial charge in [0.2, 0.25) is 0 Å². The molecule has 0 atom stereocenters. The van der Waals surface area contributed by atoms with Crippen molar-refractivity contribution in [3.05, 3.63) is 86.8 Å². The first-order chi connectivity index (χ1) is 11.6. The van der Waals surface area contributed by atoms with E-state index < -0.39 is 11.5 Å². The number of carbonyl (C=O) groups is 1. The van der Waals surface area contributed by atoms with E-state index in [9.17, 15) is 9.59 Å². The van der Waals surface area contributed by atoms with Crippen molar-refractivity contribution in [1.29, 1.82) is 0 Å². The molecule has 3 aromatic rings. The van der Waals surface area contributed by atoms with Gasteiger partial charge in [-0.25, -0.2) is 0 Å². The zero-order valence-corrected chi connectivity index (χ0v) is 13.9. The van der Waals surface area contributed by atoms with Gasteiger partial charge in [-0.15, -0.1) is 0 Å². The molecule has 2 N–H and O–H groups in total. The lowest BCUT2D eigenvalue weighted by atomic mass is 10.0. The number of hydrogen-bond acceptors (Lipinski definition) is 2. The third-order valence-corrected chi connectivity index (χ3v) is 4.00. The molecule has 2 aromatic carbocycles. The largest absolute Gasteiger partial charge is 0.328 e. The van der Waals surface area contributed by atoms with Gasteiger partial charge in [0, 0.05) is 16.8 Å². The van der Waals surface area contributed by atoms with Crippen molar-refractivity contribution in [3.63, 3.8) is 0 Å². The molecule has 0 unspecified atom stereocenters. The number of nitrogens with one attached hydrogen (secondary N) is 2. The van der Waals surface area contributed by atoms with Gasteiger partial charge in [0.1, 0.15) is 5.56 Å². The number of rotatable bonds is 3. The van der Waals surface area contributed by atoms with Crippen molar-refractivity contribution in [2.75, 3.05) is 5.32 Å². The van der Waals surface area contributed by atoms with Gasteiger partial charge >= 0.3 is 0 Å². The third kappa shape index (κ3) is 3.35. The third-order valence-electron chi connectivity index (χ3n) is 3.45. The zero-order valence-electron chi connectivity index (χ0n) is 12.3. The molecule has 0 bridgehead atoms. The fraction of sp³-hybridized carbons (Fsp3) is 0. The van der Waals surface area contributed by atoms with E-state index >= 15 is 0 Å². The predicted molar refractivity (Wildman–Crippen MR) is 96.9 cm³/mol. The first-order valence-corrected chi connectivity index (χ1v) is 7.85. The minimum atomic E-state index is -0.542. The Morgan fingerprint density at radius 3 is 2.46 bits per heavy atom. The van der Waals surface area contributed by atoms with Crippen molar-refractivity contribution < 1.29 is 4.79 Å². The lowest BCUT2D eigenvalue weighted by molar-refractivity contribution is 0.102. The van der Waals surface area contributed by atoms with Crippen LogP contribution in [0.3, 0.4) is 0 Å². The minimum Gasteiger partial charge on any atom is -0.328 e. The number of carbonyl (C=O) groups excluding carboxylic acids is 1. The molecule has 0 aliphatic carbocycles. The van der Waals surface area contributed by atoms with Crippen LogP contribution >= 0.6 is 23.2 Å². The molecule has 1 aromatic heterocycles. The summed E-state index contributed by atoms with van der Waals surface area (Å²) in [6.45, 7) is 0. The molecule has 0 saturated heterocycles. The number of aromatic nitrogens is 1. The summed E-state index contributed by atoms with van der Waals surface area (Å²) in [7, 11) is 0. The summed E-state index contributed by atoms with van der Waals surface area (Å²) in [5, 5.41) is 3.41. The van der Waals surface area contributed by atoms with Gasteiger partial charge in [-0.3, -0.25) is 9.59 Å². The van der Waals surface area contributed by atoms with E-state index in [4.69, 9.17) is 23.2 Å². The number of anilines is 1. The Hall–Kier alpha value is -2.56. The van der Waals surface area contributed by atoms with Crippen LogP contribution in [0.25, 0.3) is 11.1 Å². The molecule has 0 aliphatic rings. The highest BCUT2D eigenvalue weighted by Crippen LogP contribution is 2.27. The van der Waals surface area contributed by atoms with Gasteiger partial charge in [0.15, 0.2) is 0 Å². The van der Waals surface area contributed by atoms with Crippen molar-refractivity contribution >= 4 is 34.8 Å². The SMILES string of the molecule is O=C(Nc1ccc(Cl)cc1Cl)c1c(-c2ccccc2)cc[nH]c1=O. The molecule has 4 nitrogen and oxygen atoms in total. The number of hydrogen-bond donors (Lipinski definition) is 2. The van der Waals surface area contributed by atoms with Crippen LogP contribution in [-0.4, -0.2) is 10.9 Å². The highest BCUT2D eigenvalue weighted by molar-refractivity contribution is 6.36. The monoisotopic (exact) mass is 358 g/mol. The van der Waals surface area contributed by atoms with Crippen LogP contribution in [0.15, 0.2) is 65.6 Å². The zero-order chi connectivity index (χ0) is 17.1. The van der Waals surface area contributed by atoms with Crippen molar-refractivity contribution in [2.24, 2.45) is 0 Å². The van der Waals surface area contributed by atoms with Crippen LogP contribution in [0.1, 0.15) is 10.4 Å². The average molecular weight is 359 g/mol. The molecule has 1 amide bonds. The molecule has 6 heteroatoms. The second-order valence-corrected chi connectivity index (χ2v) is 5.88. The van der Waals surface area contributed by atoms with Gasteiger partial charge in [0.05, 0.1) is 10.7 Å². The maximum atomic E-state index is 12.6. The Morgan fingerprint density at radius 1 is 1.00 bits per heavy atom. The maximum Gasteiger partial charge on any atom is 0.261 e. The van der Waals surface area contributed by atoms with Crippen LogP contribution in [0.2, 0.25) is 10.0 Å². The summed E-state index contributed by atoms with van der Waals surface area (Å²) in [6.07, 6.45) is 1.51. The van der Waals surface area contributed by atoms with E-state index in [1.165, 1.54) is 12.3 Å². The number of aromatic amines is 1. The van der Waals surface area contributed by atoms with E-state index in [0.717, 1.165) is 5.56 Å². The van der Waals surface area contributed by atoms with E-state index in [0.29, 0.717) is 21.3 Å². The van der Waals surface area contributed by atoms with E-state index in [1.54, 1.807) is 18.2 Å². The van der Waals surface area contributed by atoms with Crippen LogP contribution in [-0.2, 0) is 0 Å². The molecule has 24 heavy (non-hydrogen) atoms. The quantitative estimate of drug-likeness (QED) is 0.718. The number of H-pyrrole nitrogens is 1. The summed E-state index contributed by atoms with van der Waals surface area (Å²) in [5.41, 5.74) is 1.25. The van der Waals surface area contributed by atoms with Crippen LogP contribution < -0.4 is 10.9 Å². The summed E-state index contributed by atoms with van der Waals surface area (Å²) < 4.78 is 0. The number of amides is 1. The van der Waals surface area contributed by atoms with Crippen LogP contribution in [0.5, 0.6) is 0 Å². The molecule has 120 valence electrons.